The van der Waals surface area contributed by atoms with Crippen molar-refractivity contribution in [1.29, 1.82) is 0 Å². The van der Waals surface area contributed by atoms with Crippen LogP contribution in [0.4, 0.5) is 42.4 Å². The summed E-state index contributed by atoms with van der Waals surface area (Å²) in [6.07, 6.45) is 24.1. The molecule has 8 N–H and O–H groups in total. The molecule has 2 aliphatic heterocycles. The van der Waals surface area contributed by atoms with E-state index >= 15 is 0 Å². The molecule has 16 rings (SSSR count). The fraction of sp³-hybridized carbons (Fsp3) is 0.463. The molecule has 4 aromatic carbocycles. The molecule has 13 aromatic rings. The van der Waals surface area contributed by atoms with Crippen molar-refractivity contribution in [3.63, 3.8) is 0 Å². The van der Waals surface area contributed by atoms with Gasteiger partial charge in [-0.2, -0.15) is 28.8 Å². The summed E-state index contributed by atoms with van der Waals surface area (Å²) in [5.41, 5.74) is 16.0. The summed E-state index contributed by atoms with van der Waals surface area (Å²) in [5.74, 6) is 3.78. The number of nitrogens with zero attached hydrogens (tertiary/aromatic N) is 20. The number of aromatic nitrogens is 18. The third-order valence-corrected chi connectivity index (χ3v) is 20.6. The summed E-state index contributed by atoms with van der Waals surface area (Å²) in [7, 11) is 7.51. The number of ether oxygens (including phenoxy) is 5. The SMILES string of the molecule is CC(C)(O)Cn1cc(Br)cn1.COc1cc2nc(N)n3nc(C4CCCCN(c5cnn(CC(C)(C)O)c5)C4)nc3c2cc1F.COc1cc2nc(N)n3nc(C4CCCCN(c5cnn(CC(C)(C)O)c5)C4)nc3c2cc1F.COc1ccc(CNc2nc3cc(OC)c(F)cc3c3nc(C4CCCCCC4)nn23)c(OC)c1.[CH3-].[Pd]. The average molecular weight is 1760 g/mol. The Bertz CT molecular complexity index is 5330. The van der Waals surface area contributed by atoms with E-state index in [0.29, 0.717) is 105 Å². The number of rotatable bonds is 19. The maximum atomic E-state index is 14.6. The predicted octanol–water partition coefficient (Wildman–Crippen LogP) is 12.9. The van der Waals surface area contributed by atoms with Crippen molar-refractivity contribution in [3.05, 3.63) is 144 Å². The number of anilines is 5. The molecule has 0 amide bonds. The van der Waals surface area contributed by atoms with E-state index in [1.165, 1.54) is 86.4 Å². The Labute approximate surface area is 692 Å². The van der Waals surface area contributed by atoms with Crippen LogP contribution in [0.2, 0.25) is 0 Å². The van der Waals surface area contributed by atoms with Gasteiger partial charge in [-0.05, 0) is 126 Å². The van der Waals surface area contributed by atoms with Crippen LogP contribution in [0.15, 0.2) is 96.3 Å². The number of nitrogen functional groups attached to an aromatic ring is 2. The van der Waals surface area contributed by atoms with E-state index in [4.69, 9.17) is 60.2 Å². The number of nitrogens with two attached hydrogens (primary N) is 2. The predicted molar refractivity (Wildman–Crippen MR) is 438 cm³/mol. The standard InChI is InChI=1S/C26H30FN5O3.2C23H29FN8O2.C7H11BrN2O.CH3.Pd/c1-33-18-11-10-17(22(12-18)34-2)15-28-26-29-21-14-23(35-3)20(27)13-19(21)25-30-24(31-32(25)26)16-8-6-4-5-7-9-16;2*1-23(2,33)13-31-12-15(10-26-31)30-7-5-4-6-14(11-30)20-28-21-16-8-17(24)19(34-3)9-18(16)27-22(25)32(21)29-20;1-7(2,11)5-10-4-6(8)3-9-10;;/h10-14,16H,4-9,15H2,1-3H3,(H,28,29);2*8-10,12,14,33H,4-7,11,13H2,1-3H3,(H2,25,27);3-4,11H,5H2,1-2H3;1H3;/q;;;;-1;. The van der Waals surface area contributed by atoms with E-state index in [9.17, 15) is 28.5 Å². The summed E-state index contributed by atoms with van der Waals surface area (Å²) in [5, 5.41) is 61.7. The van der Waals surface area contributed by atoms with Gasteiger partial charge in [-0.15, -0.1) is 15.3 Å². The topological polar surface area (TPSA) is 360 Å². The van der Waals surface area contributed by atoms with E-state index in [1.54, 1.807) is 86.6 Å². The molecule has 116 heavy (non-hydrogen) atoms. The first-order valence-corrected chi connectivity index (χ1v) is 39.0. The zero-order valence-corrected chi connectivity index (χ0v) is 70.5. The van der Waals surface area contributed by atoms with Crippen LogP contribution < -0.4 is 50.3 Å². The Balaban J connectivity index is 0.000000159. The van der Waals surface area contributed by atoms with Gasteiger partial charge in [-0.25, -0.2) is 43.1 Å². The molecule has 1 aliphatic carbocycles. The van der Waals surface area contributed by atoms with Crippen LogP contribution in [-0.2, 0) is 46.6 Å². The van der Waals surface area contributed by atoms with Crippen molar-refractivity contribution >= 4 is 94.8 Å². The van der Waals surface area contributed by atoms with E-state index in [2.05, 4.69) is 66.5 Å². The van der Waals surface area contributed by atoms with Crippen molar-refractivity contribution in [2.24, 2.45) is 0 Å². The van der Waals surface area contributed by atoms with Gasteiger partial charge < -0.3 is 73.0 Å². The molecule has 31 nitrogen and oxygen atoms in total. The Morgan fingerprint density at radius 3 is 1.28 bits per heavy atom. The second kappa shape index (κ2) is 36.9. The van der Waals surface area contributed by atoms with Gasteiger partial charge in [-0.3, -0.25) is 14.0 Å². The number of halogens is 4. The molecule has 3 fully saturated rings. The normalized spacial score (nSPS) is 15.8. The van der Waals surface area contributed by atoms with Gasteiger partial charge in [0.1, 0.15) is 11.5 Å². The van der Waals surface area contributed by atoms with Crippen molar-refractivity contribution in [3.8, 4) is 28.7 Å². The maximum Gasteiger partial charge on any atom is 0.226 e. The molecule has 2 unspecified atom stereocenters. The van der Waals surface area contributed by atoms with Crippen molar-refractivity contribution < 1.29 is 72.6 Å². The third kappa shape index (κ3) is 20.6. The van der Waals surface area contributed by atoms with E-state index in [1.807, 2.05) is 49.2 Å². The first kappa shape index (κ1) is 86.6. The fourth-order valence-electron chi connectivity index (χ4n) is 14.7. The smallest absolute Gasteiger partial charge is 0.226 e. The number of benzene rings is 4. The number of methoxy groups -OCH3 is 5. The second-order valence-corrected chi connectivity index (χ2v) is 32.0. The van der Waals surface area contributed by atoms with Gasteiger partial charge >= 0.3 is 0 Å². The van der Waals surface area contributed by atoms with Gasteiger partial charge in [0, 0.05) is 135 Å². The summed E-state index contributed by atoms with van der Waals surface area (Å²) in [6.45, 7) is 15.6. The monoisotopic (exact) mass is 1750 g/mol. The van der Waals surface area contributed by atoms with Crippen LogP contribution >= 0.6 is 15.9 Å². The molecule has 11 heterocycles. The van der Waals surface area contributed by atoms with E-state index in [-0.39, 0.29) is 68.8 Å². The summed E-state index contributed by atoms with van der Waals surface area (Å²) >= 11 is 3.27. The quantitative estimate of drug-likeness (QED) is 0.0249. The molecule has 1 saturated carbocycles. The molecule has 0 bridgehead atoms. The molecule has 3 aliphatic rings. The summed E-state index contributed by atoms with van der Waals surface area (Å²) in [6, 6.07) is 14.5. The second-order valence-electron chi connectivity index (χ2n) is 31.1. The zero-order valence-electron chi connectivity index (χ0n) is 67.3. The van der Waals surface area contributed by atoms with Gasteiger partial charge in [0.2, 0.25) is 17.8 Å². The maximum absolute atomic E-state index is 14.6. The van der Waals surface area contributed by atoms with E-state index in [0.717, 1.165) is 111 Å². The number of hydrogen-bond donors (Lipinski definition) is 6. The first-order valence-electron chi connectivity index (χ1n) is 38.2. The van der Waals surface area contributed by atoms with Gasteiger partial charge in [0.15, 0.2) is 69.1 Å². The molecule has 0 spiro atoms. The van der Waals surface area contributed by atoms with Crippen LogP contribution in [0.3, 0.4) is 0 Å². The van der Waals surface area contributed by atoms with Crippen LogP contribution in [0.25, 0.3) is 49.7 Å². The Kier molecular flexibility index (Phi) is 27.6. The molecule has 2 atom stereocenters. The molecular weight excluding hydrogens is 1650 g/mol. The summed E-state index contributed by atoms with van der Waals surface area (Å²) < 4.78 is 80.5. The molecule has 624 valence electrons. The minimum atomic E-state index is -0.842. The van der Waals surface area contributed by atoms with Crippen LogP contribution in [0.1, 0.15) is 159 Å². The van der Waals surface area contributed by atoms with E-state index < -0.39 is 34.3 Å². The largest absolute Gasteiger partial charge is 0.497 e. The van der Waals surface area contributed by atoms with Crippen LogP contribution in [-0.4, -0.2) is 182 Å². The van der Waals surface area contributed by atoms with Gasteiger partial charge in [-0.1, -0.05) is 38.5 Å². The Morgan fingerprint density at radius 2 is 0.862 bits per heavy atom. The molecule has 9 aromatic heterocycles. The first-order chi connectivity index (χ1) is 54.5. The molecule has 2 saturated heterocycles. The number of hydrogen-bond acceptors (Lipinski definition) is 25. The molecule has 0 radical (unpaired) electrons. The van der Waals surface area contributed by atoms with Crippen molar-refractivity contribution in [2.75, 3.05) is 88.3 Å². The van der Waals surface area contributed by atoms with Crippen LogP contribution in [0.5, 0.6) is 28.7 Å². The van der Waals surface area contributed by atoms with Crippen molar-refractivity contribution in [1.82, 2.24) is 88.1 Å². The molecular formula is C80H102BrF3N23O8Pd-. The van der Waals surface area contributed by atoms with Crippen LogP contribution in [0, 0.1) is 24.9 Å². The molecule has 36 heteroatoms. The Hall–Kier alpha value is -10.2. The summed E-state index contributed by atoms with van der Waals surface area (Å²) in [4.78, 5) is 32.6. The van der Waals surface area contributed by atoms with Crippen molar-refractivity contribution in [2.45, 2.75) is 179 Å². The van der Waals surface area contributed by atoms with Gasteiger partial charge in [0.05, 0.1) is 123 Å². The average Bonchev–Trinajstić information content (AvgIpc) is 1.59. The number of fused-ring (bicyclic) bond motifs is 9. The number of aliphatic hydroxyl groups is 3. The third-order valence-electron chi connectivity index (χ3n) is 20.2. The zero-order chi connectivity index (χ0) is 80.9. The minimum Gasteiger partial charge on any atom is -0.497 e. The minimum absolute atomic E-state index is 0. The van der Waals surface area contributed by atoms with Gasteiger partial charge in [0.25, 0.3) is 0 Å². The Morgan fingerprint density at radius 1 is 0.474 bits per heavy atom. The fourth-order valence-corrected chi connectivity index (χ4v) is 15.1. The number of nitrogens with one attached hydrogen (secondary N) is 1.